The standard InChI is InChI=1S/C12H16O2S2.C9H13NO.C3H5OS.ClH.K.HNO2.Na.H2S/c1-5-14-12(15)16-10-7-6-8(2)9(3)11(10)13-4;1-6-4-5-8(10)9(11-3)7(6)2;1-2-4-3-5;;;2-1-3;;/h6-7H,5H2,1-4H3;4-5H,10H2,1-3H3;2H2,1H3;1H;;(H,2,3);;1H2/q;;-1;;+1;;+1;/p-2. The van der Waals surface area contributed by atoms with Crippen molar-refractivity contribution in [3.8, 4) is 11.5 Å². The number of hydrogen-bond acceptors (Lipinski definition) is 12. The molecule has 0 saturated heterocycles. The molecule has 0 fully saturated rings. The molecule has 0 amide bonds. The van der Waals surface area contributed by atoms with Gasteiger partial charge in [0, 0.05) is 6.61 Å². The van der Waals surface area contributed by atoms with Crippen molar-refractivity contribution in [3.05, 3.63) is 56.6 Å². The number of thiocarbonyl (C=S) groups is 2. The Kier molecular flexibility index (Phi) is 44.5. The van der Waals surface area contributed by atoms with E-state index in [4.69, 9.17) is 42.3 Å². The molecule has 0 bridgehead atoms. The zero-order chi connectivity index (χ0) is 27.4. The van der Waals surface area contributed by atoms with Crippen LogP contribution in [0.15, 0.2) is 34.5 Å². The van der Waals surface area contributed by atoms with Gasteiger partial charge in [-0.05, 0) is 99.9 Å². The number of methoxy groups -OCH3 is 2. The molecule has 0 unspecified atom stereocenters. The summed E-state index contributed by atoms with van der Waals surface area (Å²) in [6.45, 7) is 13.2. The van der Waals surface area contributed by atoms with E-state index in [2.05, 4.69) is 35.5 Å². The number of thioether (sulfide) groups is 1. The number of anilines is 1. The Labute approximate surface area is 326 Å². The van der Waals surface area contributed by atoms with E-state index in [1.165, 1.54) is 22.9 Å². The number of rotatable bonds is 6. The summed E-state index contributed by atoms with van der Waals surface area (Å²) in [7, 11) is 3.31. The summed E-state index contributed by atoms with van der Waals surface area (Å²) in [4.78, 5) is 9.00. The maximum atomic E-state index is 8.00. The summed E-state index contributed by atoms with van der Waals surface area (Å²) in [6, 6.07) is 7.93. The van der Waals surface area contributed by atoms with Gasteiger partial charge in [0.05, 0.1) is 31.4 Å². The molecular weight excluding hydrogens is 638 g/mol. The first-order valence-corrected chi connectivity index (χ1v) is 12.0. The molecule has 212 valence electrons. The average molecular weight is 674 g/mol. The van der Waals surface area contributed by atoms with Gasteiger partial charge in [0.25, 0.3) is 0 Å². The molecule has 0 spiro atoms. The topological polar surface area (TPSA) is 115 Å². The van der Waals surface area contributed by atoms with Crippen molar-refractivity contribution in [1.29, 1.82) is 0 Å². The van der Waals surface area contributed by atoms with E-state index in [1.807, 2.05) is 52.8 Å². The van der Waals surface area contributed by atoms with Crippen LogP contribution in [0.2, 0.25) is 0 Å². The maximum Gasteiger partial charge on any atom is 1.00 e. The monoisotopic (exact) mass is 673 g/mol. The first kappa shape index (κ1) is 52.3. The number of nitrogens with zero attached hydrogens (tertiary/aromatic N) is 1. The molecule has 0 heterocycles. The van der Waals surface area contributed by atoms with Gasteiger partial charge in [-0.1, -0.05) is 12.1 Å². The summed E-state index contributed by atoms with van der Waals surface area (Å²) in [5.74, 6) is 1.68. The Morgan fingerprint density at radius 3 is 1.77 bits per heavy atom. The van der Waals surface area contributed by atoms with Crippen LogP contribution in [-0.2, 0) is 23.0 Å². The van der Waals surface area contributed by atoms with Gasteiger partial charge in [-0.3, -0.25) is 0 Å². The number of hydrogen-bond donors (Lipinski definition) is 1. The van der Waals surface area contributed by atoms with Crippen molar-refractivity contribution in [1.82, 2.24) is 0 Å². The van der Waals surface area contributed by atoms with E-state index in [1.54, 1.807) is 14.2 Å². The third-order valence-electron chi connectivity index (χ3n) is 4.41. The van der Waals surface area contributed by atoms with E-state index in [0.717, 1.165) is 32.9 Å². The van der Waals surface area contributed by atoms with Gasteiger partial charge in [-0.25, -0.2) is 5.55 Å². The van der Waals surface area contributed by atoms with Crippen LogP contribution >= 0.6 is 48.6 Å². The van der Waals surface area contributed by atoms with E-state index in [0.29, 0.717) is 23.3 Å². The zero-order valence-electron chi connectivity index (χ0n) is 24.3. The Morgan fingerprint density at radius 1 is 1.00 bits per heavy atom. The minimum atomic E-state index is 0. The number of nitrogen functional groups attached to an aromatic ring is 1. The van der Waals surface area contributed by atoms with Gasteiger partial charge in [0.15, 0.2) is 0 Å². The predicted molar refractivity (Wildman–Crippen MR) is 169 cm³/mol. The maximum absolute atomic E-state index is 8.00. The molecule has 0 aliphatic heterocycles. The summed E-state index contributed by atoms with van der Waals surface area (Å²) >= 11 is 10.7. The van der Waals surface area contributed by atoms with Gasteiger partial charge in [0.1, 0.15) is 11.5 Å². The molecule has 0 aliphatic carbocycles. The molecule has 8 nitrogen and oxygen atoms in total. The van der Waals surface area contributed by atoms with Crippen molar-refractivity contribution in [2.75, 3.05) is 33.2 Å². The van der Waals surface area contributed by atoms with Crippen LogP contribution in [0, 0.1) is 37.8 Å². The first-order chi connectivity index (χ1) is 16.6. The minimum absolute atomic E-state index is 0. The van der Waals surface area contributed by atoms with Gasteiger partial charge < -0.3 is 60.5 Å². The van der Waals surface area contributed by atoms with Crippen molar-refractivity contribution >= 4 is 77.7 Å². The second kappa shape index (κ2) is 33.2. The van der Waals surface area contributed by atoms with Crippen LogP contribution in [0.3, 0.4) is 0 Å². The third-order valence-corrected chi connectivity index (χ3v) is 5.73. The predicted octanol–water partition coefficient (Wildman–Crippen LogP) is 0.887. The molecule has 0 aromatic heterocycles. The first-order valence-electron chi connectivity index (χ1n) is 10.4. The molecule has 2 rings (SSSR count). The Hall–Kier alpha value is 0.646. The smallest absolute Gasteiger partial charge is 0.813 e. The molecule has 39 heavy (non-hydrogen) atoms. The molecular formula is C24H36ClKN2NaO6S4-. The molecule has 2 aromatic carbocycles. The SMILES string of the molecule is CCOC(=S)Sc1ccc(C)c(C)c1OC.CCO[C-]=S.COc1c(N)ccc(C)c1C.Cl.O=N[O-].[K+].[Na+].[SH-]. The summed E-state index contributed by atoms with van der Waals surface area (Å²) < 4.78 is 20.7. The number of ether oxygens (including phenoxy) is 4. The van der Waals surface area contributed by atoms with Crippen LogP contribution in [0.4, 0.5) is 5.69 Å². The fourth-order valence-electron chi connectivity index (χ4n) is 2.48. The normalized spacial score (nSPS) is 8.00. The third kappa shape index (κ3) is 22.9. The Morgan fingerprint density at radius 2 is 1.44 bits per heavy atom. The zero-order valence-corrected chi connectivity index (χ0v) is 33.6. The van der Waals surface area contributed by atoms with E-state index < -0.39 is 0 Å². The van der Waals surface area contributed by atoms with Gasteiger partial charge in [0.2, 0.25) is 4.38 Å². The van der Waals surface area contributed by atoms with Crippen LogP contribution in [0.25, 0.3) is 0 Å². The fourth-order valence-corrected chi connectivity index (χ4v) is 3.80. The largest absolute Gasteiger partial charge is 1.00 e. The van der Waals surface area contributed by atoms with E-state index in [-0.39, 0.29) is 107 Å². The Balaban J connectivity index is -0.000000104. The van der Waals surface area contributed by atoms with Crippen LogP contribution in [0.5, 0.6) is 11.5 Å². The van der Waals surface area contributed by atoms with Gasteiger partial charge in [-0.2, -0.15) is 0 Å². The molecule has 2 aromatic rings. The van der Waals surface area contributed by atoms with Crippen LogP contribution in [-0.4, -0.2) is 37.4 Å². The number of benzene rings is 2. The van der Waals surface area contributed by atoms with Crippen LogP contribution in [0.1, 0.15) is 36.1 Å². The fraction of sp³-hybridized carbons (Fsp3) is 0.417. The van der Waals surface area contributed by atoms with E-state index >= 15 is 0 Å². The average Bonchev–Trinajstić information content (AvgIpc) is 2.82. The molecule has 0 saturated carbocycles. The van der Waals surface area contributed by atoms with Gasteiger partial charge >= 0.3 is 80.9 Å². The molecule has 15 heteroatoms. The number of thiol groups is 1. The van der Waals surface area contributed by atoms with Crippen molar-refractivity contribution in [2.45, 2.75) is 46.4 Å². The Bertz CT molecular complexity index is 950. The summed E-state index contributed by atoms with van der Waals surface area (Å²) in [6.07, 6.45) is 0. The van der Waals surface area contributed by atoms with Gasteiger partial charge in [-0.15, -0.1) is 17.7 Å². The van der Waals surface area contributed by atoms with Crippen molar-refractivity contribution < 1.29 is 99.9 Å². The van der Waals surface area contributed by atoms with Crippen LogP contribution < -0.4 is 96.1 Å². The second-order valence-corrected chi connectivity index (χ2v) is 8.36. The quantitative estimate of drug-likeness (QED) is 0.0543. The molecule has 0 radical (unpaired) electrons. The van der Waals surface area contributed by atoms with Crippen molar-refractivity contribution in [2.24, 2.45) is 5.34 Å². The number of nitrogens with two attached hydrogens (primary N) is 1. The van der Waals surface area contributed by atoms with Crippen molar-refractivity contribution in [3.63, 3.8) is 0 Å². The summed E-state index contributed by atoms with van der Waals surface area (Å²) in [5, 5.41) is 9.00. The summed E-state index contributed by atoms with van der Waals surface area (Å²) in [5.41, 5.74) is 13.2. The molecule has 2 N–H and O–H groups in total. The number of aryl methyl sites for hydroxylation is 2. The minimum Gasteiger partial charge on any atom is -0.813 e. The number of halogens is 1. The molecule has 0 atom stereocenters. The van der Waals surface area contributed by atoms with E-state index in [9.17, 15) is 0 Å². The molecule has 0 aliphatic rings. The second-order valence-electron chi connectivity index (χ2n) is 6.54.